The molecule has 2 heterocycles. The third-order valence-corrected chi connectivity index (χ3v) is 3.76. The highest BCUT2D eigenvalue weighted by atomic mass is 19.4. The van der Waals surface area contributed by atoms with E-state index in [0.29, 0.717) is 12.0 Å². The van der Waals surface area contributed by atoms with Gasteiger partial charge in [0.1, 0.15) is 11.9 Å². The van der Waals surface area contributed by atoms with Crippen LogP contribution in [0.2, 0.25) is 0 Å². The number of benzene rings is 1. The third-order valence-electron chi connectivity index (χ3n) is 3.76. The summed E-state index contributed by atoms with van der Waals surface area (Å²) in [6.07, 6.45) is -3.52. The first kappa shape index (κ1) is 18.6. The lowest BCUT2D eigenvalue weighted by Crippen LogP contribution is -2.41. The molecule has 1 aromatic carbocycles. The first-order valence-corrected chi connectivity index (χ1v) is 7.65. The van der Waals surface area contributed by atoms with Gasteiger partial charge in [-0.3, -0.25) is 14.3 Å². The summed E-state index contributed by atoms with van der Waals surface area (Å²) in [5, 5.41) is 10.8. The molecular weight excluding hydrogens is 373 g/mol. The minimum atomic E-state index is -4.76. The molecule has 1 aromatic heterocycles. The van der Waals surface area contributed by atoms with E-state index in [4.69, 9.17) is 4.74 Å². The lowest BCUT2D eigenvalue weighted by atomic mass is 10.2. The van der Waals surface area contributed by atoms with Crippen LogP contribution < -0.4 is 9.64 Å². The van der Waals surface area contributed by atoms with E-state index in [-0.39, 0.29) is 37.2 Å². The number of anilines is 1. The molecule has 1 amide bonds. The number of fused-ring (bicyclic) bond motifs is 1. The average molecular weight is 386 g/mol. The molecule has 0 fully saturated rings. The van der Waals surface area contributed by atoms with Crippen LogP contribution in [0.1, 0.15) is 5.56 Å². The summed E-state index contributed by atoms with van der Waals surface area (Å²) in [7, 11) is 0. The number of aromatic nitrogens is 2. The van der Waals surface area contributed by atoms with Gasteiger partial charge in [-0.2, -0.15) is 0 Å². The summed E-state index contributed by atoms with van der Waals surface area (Å²) in [5.74, 6) is -0.561. The molecule has 0 aliphatic carbocycles. The number of hydrogen-bond acceptors (Lipinski definition) is 6. The molecule has 0 radical (unpaired) electrons. The van der Waals surface area contributed by atoms with Crippen LogP contribution in [0.3, 0.4) is 0 Å². The standard InChI is InChI=1S/C15H13F3N4O5/c16-15(17,18)27-11-3-1-10(2-4-11)8-26-12-5-20-7-13(22(24)25)19-14(20)21(6-12)9-23/h1-4,7,9,12H,5-6,8H2/t12-/m0/s1. The van der Waals surface area contributed by atoms with E-state index in [1.54, 1.807) is 0 Å². The molecule has 9 nitrogen and oxygen atoms in total. The van der Waals surface area contributed by atoms with Gasteiger partial charge < -0.3 is 19.6 Å². The summed E-state index contributed by atoms with van der Waals surface area (Å²) in [4.78, 5) is 26.4. The number of ether oxygens (including phenoxy) is 2. The van der Waals surface area contributed by atoms with Crippen LogP contribution in [-0.2, 0) is 22.7 Å². The molecule has 1 aliphatic heterocycles. The van der Waals surface area contributed by atoms with Crippen LogP contribution in [0.25, 0.3) is 0 Å². The minimum absolute atomic E-state index is 0.0792. The highest BCUT2D eigenvalue weighted by Crippen LogP contribution is 2.25. The number of imidazole rings is 1. The number of hydrogen-bond donors (Lipinski definition) is 0. The van der Waals surface area contributed by atoms with Crippen molar-refractivity contribution in [1.29, 1.82) is 0 Å². The highest BCUT2D eigenvalue weighted by molar-refractivity contribution is 5.72. The smallest absolute Gasteiger partial charge is 0.406 e. The molecule has 0 bridgehead atoms. The van der Waals surface area contributed by atoms with Crippen molar-refractivity contribution in [2.24, 2.45) is 0 Å². The molecule has 12 heteroatoms. The highest BCUT2D eigenvalue weighted by Gasteiger charge is 2.32. The quantitative estimate of drug-likeness (QED) is 0.429. The normalized spacial score (nSPS) is 16.7. The van der Waals surface area contributed by atoms with Crippen molar-refractivity contribution < 1.29 is 32.4 Å². The second-order valence-corrected chi connectivity index (χ2v) is 5.69. The van der Waals surface area contributed by atoms with Gasteiger partial charge in [0.15, 0.2) is 0 Å². The van der Waals surface area contributed by atoms with Gasteiger partial charge in [0.05, 0.1) is 25.8 Å². The zero-order valence-electron chi connectivity index (χ0n) is 13.6. The van der Waals surface area contributed by atoms with Gasteiger partial charge in [-0.25, -0.2) is 0 Å². The van der Waals surface area contributed by atoms with E-state index in [1.165, 1.54) is 39.9 Å². The maximum Gasteiger partial charge on any atom is 0.573 e. The van der Waals surface area contributed by atoms with Crippen molar-refractivity contribution in [1.82, 2.24) is 9.55 Å². The molecule has 0 unspecified atom stereocenters. The SMILES string of the molecule is O=CN1C[C@@H](OCc2ccc(OC(F)(F)F)cc2)Cn2cc([N+](=O)[O-])nc21. The zero-order chi connectivity index (χ0) is 19.6. The Morgan fingerprint density at radius 1 is 1.30 bits per heavy atom. The van der Waals surface area contributed by atoms with E-state index in [2.05, 4.69) is 9.72 Å². The number of carbonyl (C=O) groups is 1. The third kappa shape index (κ3) is 4.53. The van der Waals surface area contributed by atoms with Crippen molar-refractivity contribution in [3.8, 4) is 5.75 Å². The summed E-state index contributed by atoms with van der Waals surface area (Å²) in [6, 6.07) is 5.19. The van der Waals surface area contributed by atoms with Crippen LogP contribution in [0.5, 0.6) is 5.75 Å². The van der Waals surface area contributed by atoms with Crippen LogP contribution in [-0.4, -0.2) is 39.9 Å². The Labute approximate surface area is 150 Å². The molecule has 144 valence electrons. The number of nitro groups is 1. The number of amides is 1. The molecule has 0 spiro atoms. The fraction of sp³-hybridized carbons (Fsp3) is 0.333. The van der Waals surface area contributed by atoms with Gasteiger partial charge in [-0.15, -0.1) is 13.2 Å². The summed E-state index contributed by atoms with van der Waals surface area (Å²) in [5.41, 5.74) is 0.601. The fourth-order valence-corrected chi connectivity index (χ4v) is 2.62. The Balaban J connectivity index is 1.63. The first-order valence-electron chi connectivity index (χ1n) is 7.65. The lowest BCUT2D eigenvalue weighted by molar-refractivity contribution is -0.389. The predicted molar refractivity (Wildman–Crippen MR) is 84.0 cm³/mol. The second kappa shape index (κ2) is 7.23. The van der Waals surface area contributed by atoms with E-state index in [0.717, 1.165) is 0 Å². The van der Waals surface area contributed by atoms with Crippen LogP contribution in [0, 0.1) is 10.1 Å². The number of alkyl halides is 3. The number of carbonyl (C=O) groups excluding carboxylic acids is 1. The number of halogens is 3. The summed E-state index contributed by atoms with van der Waals surface area (Å²) >= 11 is 0. The first-order chi connectivity index (χ1) is 12.7. The Hall–Kier alpha value is -3.15. The largest absolute Gasteiger partial charge is 0.573 e. The van der Waals surface area contributed by atoms with Crippen LogP contribution in [0.15, 0.2) is 30.5 Å². The van der Waals surface area contributed by atoms with Crippen molar-refractivity contribution >= 4 is 18.2 Å². The lowest BCUT2D eigenvalue weighted by Gasteiger charge is -2.28. The molecule has 0 saturated heterocycles. The maximum absolute atomic E-state index is 12.1. The topological polar surface area (TPSA) is 99.7 Å². The Bertz CT molecular complexity index is 837. The second-order valence-electron chi connectivity index (χ2n) is 5.69. The number of nitrogens with zero attached hydrogens (tertiary/aromatic N) is 4. The monoisotopic (exact) mass is 386 g/mol. The molecule has 27 heavy (non-hydrogen) atoms. The van der Waals surface area contributed by atoms with E-state index in [9.17, 15) is 28.1 Å². The molecule has 1 atom stereocenters. The van der Waals surface area contributed by atoms with Gasteiger partial charge >= 0.3 is 18.1 Å². The maximum atomic E-state index is 12.1. The van der Waals surface area contributed by atoms with Gasteiger partial charge in [0.25, 0.3) is 0 Å². The predicted octanol–water partition coefficient (Wildman–Crippen LogP) is 2.25. The van der Waals surface area contributed by atoms with Gasteiger partial charge in [0.2, 0.25) is 6.41 Å². The van der Waals surface area contributed by atoms with Crippen molar-refractivity contribution in [3.63, 3.8) is 0 Å². The minimum Gasteiger partial charge on any atom is -0.406 e. The van der Waals surface area contributed by atoms with E-state index < -0.39 is 17.4 Å². The molecule has 0 saturated carbocycles. The van der Waals surface area contributed by atoms with Crippen LogP contribution >= 0.6 is 0 Å². The van der Waals surface area contributed by atoms with Crippen LogP contribution in [0.4, 0.5) is 24.9 Å². The molecular formula is C15H13F3N4O5. The molecule has 3 rings (SSSR count). The van der Waals surface area contributed by atoms with Crippen molar-refractivity contribution in [3.05, 3.63) is 46.1 Å². The van der Waals surface area contributed by atoms with E-state index >= 15 is 0 Å². The van der Waals surface area contributed by atoms with E-state index in [1.807, 2.05) is 0 Å². The summed E-state index contributed by atoms with van der Waals surface area (Å²) in [6.45, 7) is 0.471. The van der Waals surface area contributed by atoms with Gasteiger partial charge in [-0.1, -0.05) is 12.1 Å². The molecule has 0 N–H and O–H groups in total. The van der Waals surface area contributed by atoms with Crippen molar-refractivity contribution in [2.45, 2.75) is 25.6 Å². The zero-order valence-corrected chi connectivity index (χ0v) is 13.6. The van der Waals surface area contributed by atoms with Gasteiger partial charge in [0, 0.05) is 4.98 Å². The Morgan fingerprint density at radius 3 is 2.59 bits per heavy atom. The number of rotatable bonds is 6. The van der Waals surface area contributed by atoms with Crippen molar-refractivity contribution in [2.75, 3.05) is 11.4 Å². The molecule has 2 aromatic rings. The Kier molecular flexibility index (Phi) is 4.99. The fourth-order valence-electron chi connectivity index (χ4n) is 2.62. The Morgan fingerprint density at radius 2 is 2.00 bits per heavy atom. The molecule has 1 aliphatic rings. The average Bonchev–Trinajstić information content (AvgIpc) is 3.03. The summed E-state index contributed by atoms with van der Waals surface area (Å²) < 4.78 is 47.4. The van der Waals surface area contributed by atoms with Gasteiger partial charge in [-0.05, 0) is 22.6 Å².